The van der Waals surface area contributed by atoms with E-state index >= 15 is 0 Å². The van der Waals surface area contributed by atoms with Gasteiger partial charge in [-0.2, -0.15) is 0 Å². The van der Waals surface area contributed by atoms with E-state index in [-0.39, 0.29) is 38.9 Å². The van der Waals surface area contributed by atoms with Crippen molar-refractivity contribution in [2.24, 2.45) is 0 Å². The van der Waals surface area contributed by atoms with Gasteiger partial charge < -0.3 is 4.74 Å². The molecule has 1 aromatic heterocycles. The molecule has 0 bridgehead atoms. The number of halogens is 4. The molecule has 0 atom stereocenters. The summed E-state index contributed by atoms with van der Waals surface area (Å²) in [4.78, 5) is 15.1. The number of pyridine rings is 1. The monoisotopic (exact) mass is 301 g/mol. The highest BCUT2D eigenvalue weighted by Crippen LogP contribution is 2.36. The number of esters is 1. The molecule has 88 valence electrons. The molecule has 3 nitrogen and oxygen atoms in total. The molecule has 0 spiro atoms. The molecule has 0 aliphatic carbocycles. The average Bonchev–Trinajstić information content (AvgIpc) is 2.23. The van der Waals surface area contributed by atoms with Crippen LogP contribution in [0.5, 0.6) is 0 Å². The van der Waals surface area contributed by atoms with Crippen molar-refractivity contribution in [1.29, 1.82) is 0 Å². The van der Waals surface area contributed by atoms with E-state index in [0.29, 0.717) is 0 Å². The summed E-state index contributed by atoms with van der Waals surface area (Å²) in [7, 11) is 0. The van der Waals surface area contributed by atoms with E-state index in [1.54, 1.807) is 6.92 Å². The van der Waals surface area contributed by atoms with Crippen LogP contribution in [-0.2, 0) is 16.0 Å². The summed E-state index contributed by atoms with van der Waals surface area (Å²) in [6.45, 7) is 1.99. The summed E-state index contributed by atoms with van der Waals surface area (Å²) in [5.41, 5.74) is 0.250. The fraction of sp³-hybridized carbons (Fsp3) is 0.333. The van der Waals surface area contributed by atoms with Crippen LogP contribution in [0.3, 0.4) is 0 Å². The molecular weight excluding hydrogens is 296 g/mol. The Bertz CT molecular complexity index is 422. The predicted octanol–water partition coefficient (Wildman–Crippen LogP) is 3.80. The number of rotatable bonds is 3. The highest BCUT2D eigenvalue weighted by molar-refractivity contribution is 6.51. The fourth-order valence-electron chi connectivity index (χ4n) is 0.996. The van der Waals surface area contributed by atoms with Gasteiger partial charge in [-0.3, -0.25) is 4.79 Å². The molecule has 1 heterocycles. The third kappa shape index (κ3) is 3.14. The molecule has 0 N–H and O–H groups in total. The van der Waals surface area contributed by atoms with Gasteiger partial charge in [0.2, 0.25) is 0 Å². The molecule has 0 aliphatic rings. The van der Waals surface area contributed by atoms with Gasteiger partial charge in [0.25, 0.3) is 0 Å². The van der Waals surface area contributed by atoms with Crippen LogP contribution in [0.15, 0.2) is 0 Å². The summed E-state index contributed by atoms with van der Waals surface area (Å²) >= 11 is 23.1. The molecule has 7 heteroatoms. The summed E-state index contributed by atoms with van der Waals surface area (Å²) in [6, 6.07) is 0. The zero-order valence-corrected chi connectivity index (χ0v) is 11.2. The van der Waals surface area contributed by atoms with Crippen molar-refractivity contribution in [3.63, 3.8) is 0 Å². The number of carbonyl (C=O) groups excluding carboxylic acids is 1. The maximum atomic E-state index is 11.2. The number of aromatic nitrogens is 1. The van der Waals surface area contributed by atoms with Crippen molar-refractivity contribution in [2.45, 2.75) is 13.3 Å². The first-order valence-corrected chi connectivity index (χ1v) is 5.83. The minimum atomic E-state index is -0.452. The Hall–Kier alpha value is -0.220. The SMILES string of the molecule is CCOC(=O)Cc1nc(Cl)c(Cl)c(Cl)c1Cl. The number of ether oxygens (including phenoxy) is 1. The van der Waals surface area contributed by atoms with Crippen LogP contribution in [0.25, 0.3) is 0 Å². The number of carbonyl (C=O) groups is 1. The van der Waals surface area contributed by atoms with Crippen LogP contribution in [0.4, 0.5) is 0 Å². The summed E-state index contributed by atoms with van der Waals surface area (Å²) < 4.78 is 4.75. The Kier molecular flexibility index (Phi) is 5.12. The van der Waals surface area contributed by atoms with Gasteiger partial charge in [0.05, 0.1) is 33.8 Å². The lowest BCUT2D eigenvalue weighted by Gasteiger charge is -2.07. The molecule has 0 fully saturated rings. The van der Waals surface area contributed by atoms with E-state index in [4.69, 9.17) is 51.1 Å². The highest BCUT2D eigenvalue weighted by Gasteiger charge is 2.17. The second kappa shape index (κ2) is 5.92. The fourth-order valence-corrected chi connectivity index (χ4v) is 1.83. The minimum absolute atomic E-state index is 0.00960. The smallest absolute Gasteiger partial charge is 0.311 e. The largest absolute Gasteiger partial charge is 0.466 e. The highest BCUT2D eigenvalue weighted by atomic mass is 35.5. The molecule has 0 saturated heterocycles. The van der Waals surface area contributed by atoms with Crippen LogP contribution in [-0.4, -0.2) is 17.6 Å². The zero-order chi connectivity index (χ0) is 12.3. The first-order valence-electron chi connectivity index (χ1n) is 4.31. The number of hydrogen-bond donors (Lipinski definition) is 0. The van der Waals surface area contributed by atoms with Crippen LogP contribution >= 0.6 is 46.4 Å². The number of hydrogen-bond acceptors (Lipinski definition) is 3. The van der Waals surface area contributed by atoms with Crippen molar-refractivity contribution < 1.29 is 9.53 Å². The Balaban J connectivity index is 3.02. The van der Waals surface area contributed by atoms with Gasteiger partial charge in [-0.25, -0.2) is 4.98 Å². The lowest BCUT2D eigenvalue weighted by molar-refractivity contribution is -0.142. The Morgan fingerprint density at radius 3 is 2.38 bits per heavy atom. The van der Waals surface area contributed by atoms with Crippen LogP contribution in [0.1, 0.15) is 12.6 Å². The quantitative estimate of drug-likeness (QED) is 0.630. The molecule has 0 amide bonds. The van der Waals surface area contributed by atoms with Gasteiger partial charge in [0, 0.05) is 0 Å². The molecule has 1 rings (SSSR count). The normalized spacial score (nSPS) is 10.3. The first-order chi connectivity index (χ1) is 7.47. The molecule has 0 unspecified atom stereocenters. The first kappa shape index (κ1) is 13.8. The third-order valence-electron chi connectivity index (χ3n) is 1.67. The summed E-state index contributed by atoms with van der Waals surface area (Å²) in [5, 5.41) is 0.281. The van der Waals surface area contributed by atoms with Gasteiger partial charge in [0.15, 0.2) is 0 Å². The van der Waals surface area contributed by atoms with Crippen LogP contribution < -0.4 is 0 Å². The van der Waals surface area contributed by atoms with Crippen molar-refractivity contribution >= 4 is 52.4 Å². The van der Waals surface area contributed by atoms with Crippen molar-refractivity contribution in [3.05, 3.63) is 25.9 Å². The Morgan fingerprint density at radius 1 is 1.19 bits per heavy atom. The molecule has 0 saturated carbocycles. The molecule has 0 aliphatic heterocycles. The van der Waals surface area contributed by atoms with Gasteiger partial charge >= 0.3 is 5.97 Å². The average molecular weight is 303 g/mol. The van der Waals surface area contributed by atoms with Gasteiger partial charge in [0.1, 0.15) is 5.15 Å². The molecule has 16 heavy (non-hydrogen) atoms. The molecule has 0 radical (unpaired) electrons. The van der Waals surface area contributed by atoms with Crippen molar-refractivity contribution in [2.75, 3.05) is 6.61 Å². The van der Waals surface area contributed by atoms with E-state index in [1.807, 2.05) is 0 Å². The van der Waals surface area contributed by atoms with E-state index in [1.165, 1.54) is 0 Å². The van der Waals surface area contributed by atoms with E-state index < -0.39 is 5.97 Å². The molecular formula is C9H7Cl4NO2. The van der Waals surface area contributed by atoms with Crippen molar-refractivity contribution in [1.82, 2.24) is 4.98 Å². The lowest BCUT2D eigenvalue weighted by atomic mass is 10.3. The summed E-state index contributed by atoms with van der Waals surface area (Å²) in [5.74, 6) is -0.452. The van der Waals surface area contributed by atoms with Gasteiger partial charge in [-0.15, -0.1) is 0 Å². The lowest BCUT2D eigenvalue weighted by Crippen LogP contribution is -2.09. The Labute approximate surface area is 113 Å². The third-order valence-corrected chi connectivity index (χ3v) is 3.39. The minimum Gasteiger partial charge on any atom is -0.466 e. The maximum Gasteiger partial charge on any atom is 0.311 e. The van der Waals surface area contributed by atoms with Crippen LogP contribution in [0, 0.1) is 0 Å². The van der Waals surface area contributed by atoms with Crippen LogP contribution in [0.2, 0.25) is 20.2 Å². The zero-order valence-electron chi connectivity index (χ0n) is 8.19. The predicted molar refractivity (Wildman–Crippen MR) is 64.6 cm³/mol. The van der Waals surface area contributed by atoms with E-state index in [0.717, 1.165) is 0 Å². The second-order valence-electron chi connectivity index (χ2n) is 2.77. The maximum absolute atomic E-state index is 11.2. The topological polar surface area (TPSA) is 39.2 Å². The van der Waals surface area contributed by atoms with E-state index in [2.05, 4.69) is 4.98 Å². The second-order valence-corrected chi connectivity index (χ2v) is 4.26. The Morgan fingerprint density at radius 2 is 1.81 bits per heavy atom. The van der Waals surface area contributed by atoms with E-state index in [9.17, 15) is 4.79 Å². The molecule has 1 aromatic rings. The standard InChI is InChI=1S/C9H7Cl4NO2/c1-2-16-5(15)3-4-6(10)7(11)8(12)9(13)14-4/h2-3H2,1H3. The number of nitrogens with zero attached hydrogens (tertiary/aromatic N) is 1. The van der Waals surface area contributed by atoms with Gasteiger partial charge in [-0.05, 0) is 6.92 Å². The van der Waals surface area contributed by atoms with Gasteiger partial charge in [-0.1, -0.05) is 46.4 Å². The molecule has 0 aromatic carbocycles. The summed E-state index contributed by atoms with van der Waals surface area (Å²) in [6.07, 6.45) is -0.0940. The van der Waals surface area contributed by atoms with Crippen molar-refractivity contribution in [3.8, 4) is 0 Å².